The molecule has 1 saturated carbocycles. The zero-order valence-corrected chi connectivity index (χ0v) is 19.6. The van der Waals surface area contributed by atoms with E-state index in [1.165, 1.54) is 19.3 Å². The standard InChI is InChI=1S/C22H33N2O4S.2CH2/c1-28-20-9-11-21(12-10-20)29(26,27)24-15-13-18(14-16-24)17-23-22(25)19-7-5-3-2-4-6-8-19;;/h9-12,18H,2-8,13-17H2,1H3,(H,23,25);2*1H2. The third-order valence-corrected chi connectivity index (χ3v) is 8.01. The highest BCUT2D eigenvalue weighted by molar-refractivity contribution is 7.89. The molecule has 3 rings (SSSR count). The van der Waals surface area contributed by atoms with Gasteiger partial charge in [-0.2, -0.15) is 4.31 Å². The molecule has 5 radical (unpaired) electrons. The first-order chi connectivity index (χ1) is 14.0. The Kier molecular flexibility index (Phi) is 11.6. The maximum atomic E-state index is 12.8. The van der Waals surface area contributed by atoms with Gasteiger partial charge in [0.2, 0.25) is 15.9 Å². The van der Waals surface area contributed by atoms with Crippen LogP contribution in [0.4, 0.5) is 0 Å². The van der Waals surface area contributed by atoms with Crippen molar-refractivity contribution < 1.29 is 17.9 Å². The van der Waals surface area contributed by atoms with Crippen LogP contribution in [0.25, 0.3) is 0 Å². The molecule has 1 aromatic rings. The van der Waals surface area contributed by atoms with Crippen LogP contribution in [0, 0.1) is 26.7 Å². The summed E-state index contributed by atoms with van der Waals surface area (Å²) in [6.45, 7) is 1.62. The van der Waals surface area contributed by atoms with Crippen molar-refractivity contribution >= 4 is 15.9 Å². The lowest BCUT2D eigenvalue weighted by atomic mass is 9.90. The second-order valence-corrected chi connectivity index (χ2v) is 10.0. The average Bonchev–Trinajstić information content (AvgIpc) is 2.72. The first-order valence-electron chi connectivity index (χ1n) is 10.8. The Morgan fingerprint density at radius 2 is 1.55 bits per heavy atom. The molecule has 1 aliphatic heterocycles. The van der Waals surface area contributed by atoms with Gasteiger partial charge in [-0.1, -0.05) is 47.0 Å². The Morgan fingerprint density at radius 3 is 2.10 bits per heavy atom. The summed E-state index contributed by atoms with van der Waals surface area (Å²) in [6, 6.07) is 6.52. The molecule has 173 valence electrons. The van der Waals surface area contributed by atoms with E-state index in [4.69, 9.17) is 4.74 Å². The molecule has 2 aliphatic rings. The van der Waals surface area contributed by atoms with Crippen LogP contribution in [0.1, 0.15) is 57.8 Å². The maximum absolute atomic E-state index is 12.8. The highest BCUT2D eigenvalue weighted by atomic mass is 32.2. The van der Waals surface area contributed by atoms with Gasteiger partial charge >= 0.3 is 0 Å². The van der Waals surface area contributed by atoms with E-state index in [0.717, 1.165) is 44.4 Å². The average molecular weight is 450 g/mol. The highest BCUT2D eigenvalue weighted by Crippen LogP contribution is 2.26. The maximum Gasteiger partial charge on any atom is 0.243 e. The van der Waals surface area contributed by atoms with Crippen molar-refractivity contribution in [3.8, 4) is 5.75 Å². The van der Waals surface area contributed by atoms with E-state index in [2.05, 4.69) is 5.32 Å². The van der Waals surface area contributed by atoms with Gasteiger partial charge in [0.25, 0.3) is 0 Å². The number of nitrogens with one attached hydrogen (secondary N) is 1. The van der Waals surface area contributed by atoms with Crippen molar-refractivity contribution in [1.29, 1.82) is 0 Å². The molecule has 6 nitrogen and oxygen atoms in total. The number of benzene rings is 1. The van der Waals surface area contributed by atoms with E-state index < -0.39 is 10.0 Å². The van der Waals surface area contributed by atoms with E-state index in [9.17, 15) is 13.2 Å². The second kappa shape index (κ2) is 13.1. The van der Waals surface area contributed by atoms with Gasteiger partial charge < -0.3 is 10.1 Å². The lowest BCUT2D eigenvalue weighted by Gasteiger charge is -2.31. The van der Waals surface area contributed by atoms with E-state index >= 15 is 0 Å². The van der Waals surface area contributed by atoms with Gasteiger partial charge in [-0.15, -0.1) is 0 Å². The molecule has 1 N–H and O–H groups in total. The van der Waals surface area contributed by atoms with Crippen molar-refractivity contribution in [2.45, 2.75) is 62.7 Å². The van der Waals surface area contributed by atoms with Crippen LogP contribution in [-0.4, -0.2) is 45.4 Å². The van der Waals surface area contributed by atoms with Crippen molar-refractivity contribution in [2.24, 2.45) is 5.92 Å². The molecule has 0 aromatic heterocycles. The van der Waals surface area contributed by atoms with E-state index in [1.54, 1.807) is 35.7 Å². The van der Waals surface area contributed by atoms with E-state index in [1.807, 2.05) is 0 Å². The van der Waals surface area contributed by atoms with Crippen LogP contribution in [0.3, 0.4) is 0 Å². The fourth-order valence-corrected chi connectivity index (χ4v) is 5.64. The summed E-state index contributed by atoms with van der Waals surface area (Å²) >= 11 is 0. The fraction of sp³-hybridized carbons (Fsp3) is 0.583. The lowest BCUT2D eigenvalue weighted by Crippen LogP contribution is -2.42. The number of ether oxygens (including phenoxy) is 1. The number of piperidine rings is 1. The van der Waals surface area contributed by atoms with Crippen molar-refractivity contribution in [2.75, 3.05) is 26.7 Å². The summed E-state index contributed by atoms with van der Waals surface area (Å²) in [5, 5.41) is 3.11. The van der Waals surface area contributed by atoms with Gasteiger partial charge in [-0.25, -0.2) is 8.42 Å². The monoisotopic (exact) mass is 449 g/mol. The zero-order valence-electron chi connectivity index (χ0n) is 18.8. The minimum atomic E-state index is -3.48. The van der Waals surface area contributed by atoms with E-state index in [0.29, 0.717) is 36.2 Å². The predicted molar refractivity (Wildman–Crippen MR) is 124 cm³/mol. The summed E-state index contributed by atoms with van der Waals surface area (Å²) in [6.07, 6.45) is 9.34. The van der Waals surface area contributed by atoms with Gasteiger partial charge in [0.05, 0.1) is 17.9 Å². The zero-order chi connectivity index (χ0) is 20.7. The van der Waals surface area contributed by atoms with Crippen molar-refractivity contribution in [3.05, 3.63) is 45.0 Å². The second-order valence-electron chi connectivity index (χ2n) is 8.10. The summed E-state index contributed by atoms with van der Waals surface area (Å²) in [5.74, 6) is 2.13. The Labute approximate surface area is 189 Å². The quantitative estimate of drug-likeness (QED) is 0.707. The Balaban J connectivity index is 0.00000240. The summed E-state index contributed by atoms with van der Waals surface area (Å²) in [4.78, 5) is 12.8. The predicted octanol–water partition coefficient (Wildman–Crippen LogP) is 4.19. The van der Waals surface area contributed by atoms with Crippen LogP contribution in [0.2, 0.25) is 0 Å². The van der Waals surface area contributed by atoms with Crippen molar-refractivity contribution in [1.82, 2.24) is 9.62 Å². The number of carbonyl (C=O) groups is 1. The third-order valence-electron chi connectivity index (χ3n) is 6.10. The van der Waals surface area contributed by atoms with Crippen LogP contribution >= 0.6 is 0 Å². The molecule has 1 aliphatic carbocycles. The van der Waals surface area contributed by atoms with Gasteiger partial charge in [0, 0.05) is 19.6 Å². The molecule has 31 heavy (non-hydrogen) atoms. The normalized spacial score (nSPS) is 19.3. The first kappa shape index (κ1) is 27.4. The molecule has 1 heterocycles. The van der Waals surface area contributed by atoms with Crippen molar-refractivity contribution in [3.63, 3.8) is 0 Å². The SMILES string of the molecule is COc1ccc(S(=O)(=O)N2CCC(CNC(=O)[C]3CCCCCCC3)CC2)cc1.[CH2].[CH2]. The molecule has 1 saturated heterocycles. The molecular formula is C24H37N2O4S. The molecule has 0 atom stereocenters. The number of rotatable bonds is 6. The number of sulfonamides is 1. The molecular weight excluding hydrogens is 412 g/mol. The molecule has 0 bridgehead atoms. The summed E-state index contributed by atoms with van der Waals surface area (Å²) in [7, 11) is -1.92. The van der Waals surface area contributed by atoms with Crippen LogP contribution < -0.4 is 10.1 Å². The summed E-state index contributed by atoms with van der Waals surface area (Å²) in [5.41, 5.74) is 0. The number of carbonyl (C=O) groups excluding carboxylic acids is 1. The topological polar surface area (TPSA) is 75.7 Å². The molecule has 1 amide bonds. The first-order valence-corrected chi connectivity index (χ1v) is 12.2. The number of nitrogens with zero attached hydrogens (tertiary/aromatic N) is 1. The number of hydrogen-bond donors (Lipinski definition) is 1. The molecule has 0 spiro atoms. The molecule has 1 aromatic carbocycles. The van der Waals surface area contributed by atoms with Crippen LogP contribution in [0.5, 0.6) is 5.75 Å². The Hall–Kier alpha value is -1.60. The Bertz CT molecular complexity index is 748. The van der Waals surface area contributed by atoms with Gasteiger partial charge in [-0.05, 0) is 55.9 Å². The molecule has 7 heteroatoms. The molecule has 0 unspecified atom stereocenters. The van der Waals surface area contributed by atoms with Gasteiger partial charge in [0.1, 0.15) is 5.75 Å². The fourth-order valence-electron chi connectivity index (χ4n) is 4.17. The molecule has 2 fully saturated rings. The third kappa shape index (κ3) is 7.49. The largest absolute Gasteiger partial charge is 0.497 e. The highest BCUT2D eigenvalue weighted by Gasteiger charge is 2.30. The van der Waals surface area contributed by atoms with E-state index in [-0.39, 0.29) is 20.8 Å². The number of amides is 1. The van der Waals surface area contributed by atoms with Crippen LogP contribution in [0.15, 0.2) is 29.2 Å². The van der Waals surface area contributed by atoms with Gasteiger partial charge in [0.15, 0.2) is 0 Å². The smallest absolute Gasteiger partial charge is 0.243 e. The van der Waals surface area contributed by atoms with Crippen LogP contribution in [-0.2, 0) is 14.8 Å². The summed E-state index contributed by atoms with van der Waals surface area (Å²) < 4.78 is 32.3. The minimum Gasteiger partial charge on any atom is -0.497 e. The van der Waals surface area contributed by atoms with Gasteiger partial charge in [-0.3, -0.25) is 4.79 Å². The lowest BCUT2D eigenvalue weighted by molar-refractivity contribution is -0.120. The number of methoxy groups -OCH3 is 1. The minimum absolute atomic E-state index is 0. The Morgan fingerprint density at radius 1 is 1.00 bits per heavy atom. The number of hydrogen-bond acceptors (Lipinski definition) is 4.